The number of ether oxygens (including phenoxy) is 1. The Kier molecular flexibility index (Phi) is 3.84. The van der Waals surface area contributed by atoms with Gasteiger partial charge in [-0.1, -0.05) is 0 Å². The first kappa shape index (κ1) is 15.9. The molecule has 10 nitrogen and oxygen atoms in total. The van der Waals surface area contributed by atoms with Crippen LogP contribution in [0.5, 0.6) is 0 Å². The fraction of sp³-hybridized carbons (Fsp3) is 0.615. The Labute approximate surface area is 131 Å². The predicted octanol–water partition coefficient (Wildman–Crippen LogP) is -2.19. The first-order valence-electron chi connectivity index (χ1n) is 7.10. The topological polar surface area (TPSA) is 126 Å². The molecule has 2 aromatic heterocycles. The highest BCUT2D eigenvalue weighted by molar-refractivity contribution is 5.83. The minimum Gasteiger partial charge on any atom is -0.394 e. The minimum absolute atomic E-state index is 0.242. The average Bonchev–Trinajstić information content (AvgIpc) is 3.02. The van der Waals surface area contributed by atoms with E-state index in [0.29, 0.717) is 11.3 Å². The normalized spacial score (nSPS) is 27.7. The van der Waals surface area contributed by atoms with Crippen molar-refractivity contribution in [2.45, 2.75) is 24.5 Å². The van der Waals surface area contributed by atoms with E-state index in [9.17, 15) is 20.1 Å². The molecule has 0 radical (unpaired) electrons. The highest BCUT2D eigenvalue weighted by atomic mass is 16.6. The third-order valence-electron chi connectivity index (χ3n) is 4.00. The number of aromatic nitrogens is 4. The van der Waals surface area contributed by atoms with Gasteiger partial charge in [-0.25, -0.2) is 9.78 Å². The lowest BCUT2D eigenvalue weighted by atomic mass is 10.1. The molecule has 1 fully saturated rings. The second-order valence-corrected chi connectivity index (χ2v) is 5.72. The minimum atomic E-state index is -1.27. The van der Waals surface area contributed by atoms with Gasteiger partial charge in [0, 0.05) is 21.1 Å². The Morgan fingerprint density at radius 2 is 2.04 bits per heavy atom. The van der Waals surface area contributed by atoms with Gasteiger partial charge >= 0.3 is 5.69 Å². The summed E-state index contributed by atoms with van der Waals surface area (Å²) in [7, 11) is 5.15. The van der Waals surface area contributed by atoms with Crippen LogP contribution in [0.3, 0.4) is 0 Å². The molecule has 3 rings (SSSR count). The number of nitrogens with zero attached hydrogens (tertiary/aromatic N) is 5. The Hall–Kier alpha value is -2.01. The summed E-state index contributed by atoms with van der Waals surface area (Å²) in [6.07, 6.45) is -3.00. The number of fused-ring (bicyclic) bond motifs is 1. The van der Waals surface area contributed by atoms with E-state index in [2.05, 4.69) is 9.97 Å². The van der Waals surface area contributed by atoms with Gasteiger partial charge in [-0.2, -0.15) is 4.98 Å². The van der Waals surface area contributed by atoms with Gasteiger partial charge in [-0.05, 0) is 0 Å². The zero-order chi connectivity index (χ0) is 16.9. The molecule has 0 spiro atoms. The molecule has 1 saturated heterocycles. The van der Waals surface area contributed by atoms with Crippen LogP contribution in [0.2, 0.25) is 0 Å². The van der Waals surface area contributed by atoms with E-state index in [1.54, 1.807) is 26.0 Å². The smallest absolute Gasteiger partial charge is 0.350 e. The number of hydrogen-bond donors (Lipinski definition) is 3. The van der Waals surface area contributed by atoms with Crippen LogP contribution in [0.4, 0.5) is 5.82 Å². The molecule has 0 aliphatic carbocycles. The maximum absolute atomic E-state index is 12.1. The summed E-state index contributed by atoms with van der Waals surface area (Å²) in [6.45, 7) is -0.431. The van der Waals surface area contributed by atoms with E-state index >= 15 is 0 Å². The van der Waals surface area contributed by atoms with Crippen LogP contribution < -0.4 is 10.6 Å². The molecule has 10 heteroatoms. The lowest BCUT2D eigenvalue weighted by Crippen LogP contribution is -2.33. The van der Waals surface area contributed by atoms with Gasteiger partial charge in [-0.3, -0.25) is 9.13 Å². The summed E-state index contributed by atoms with van der Waals surface area (Å²) in [5.74, 6) is 0.561. The predicted molar refractivity (Wildman–Crippen MR) is 80.1 cm³/mol. The number of rotatable bonds is 3. The summed E-state index contributed by atoms with van der Waals surface area (Å²) in [5, 5.41) is 29.2. The molecule has 3 N–H and O–H groups in total. The molecule has 2 aromatic rings. The molecular weight excluding hydrogens is 306 g/mol. The maximum atomic E-state index is 12.1. The van der Waals surface area contributed by atoms with Gasteiger partial charge in [-0.15, -0.1) is 0 Å². The summed E-state index contributed by atoms with van der Waals surface area (Å²) < 4.78 is 8.24. The van der Waals surface area contributed by atoms with E-state index in [4.69, 9.17) is 4.74 Å². The Morgan fingerprint density at radius 3 is 2.61 bits per heavy atom. The van der Waals surface area contributed by atoms with E-state index in [1.165, 1.54) is 15.5 Å². The molecule has 3 heterocycles. The quantitative estimate of drug-likeness (QED) is 0.581. The van der Waals surface area contributed by atoms with Crippen molar-refractivity contribution in [2.24, 2.45) is 7.05 Å². The third kappa shape index (κ3) is 2.30. The van der Waals surface area contributed by atoms with Crippen LogP contribution in [0.25, 0.3) is 11.2 Å². The van der Waals surface area contributed by atoms with E-state index in [-0.39, 0.29) is 5.65 Å². The van der Waals surface area contributed by atoms with Gasteiger partial charge in [0.2, 0.25) is 0 Å². The monoisotopic (exact) mass is 325 g/mol. The van der Waals surface area contributed by atoms with Crippen molar-refractivity contribution in [3.8, 4) is 0 Å². The Balaban J connectivity index is 2.16. The van der Waals surface area contributed by atoms with Crippen molar-refractivity contribution in [1.82, 2.24) is 19.1 Å². The first-order chi connectivity index (χ1) is 10.9. The maximum Gasteiger partial charge on any atom is 0.350 e. The molecule has 0 amide bonds. The standard InChI is InChI=1S/C13H19N5O5/c1-16(2)11-7-10(15-13(22)17(11)3)18(5-14-7)12-9(21)8(20)6(4-19)23-12/h5-6,8-9,12,19-21H,4H2,1-3H3/t6-,8-,9-,12-/m1/s1. The number of imidazole rings is 1. The van der Waals surface area contributed by atoms with Gasteiger partial charge in [0.05, 0.1) is 12.9 Å². The zero-order valence-corrected chi connectivity index (χ0v) is 13.0. The summed E-state index contributed by atoms with van der Waals surface area (Å²) in [5.41, 5.74) is 0.233. The third-order valence-corrected chi connectivity index (χ3v) is 4.00. The lowest BCUT2D eigenvalue weighted by molar-refractivity contribution is -0.0511. The molecule has 4 atom stereocenters. The van der Waals surface area contributed by atoms with Crippen LogP contribution in [-0.2, 0) is 11.8 Å². The molecule has 23 heavy (non-hydrogen) atoms. The SMILES string of the molecule is CN(C)c1c2ncn([C@@H]3O[C@H](CO)[C@@H](O)[C@H]3O)c2nc(=O)n1C. The van der Waals surface area contributed by atoms with Crippen molar-refractivity contribution >= 4 is 17.0 Å². The molecular formula is C13H19N5O5. The molecule has 0 aromatic carbocycles. The molecule has 0 saturated carbocycles. The number of anilines is 1. The van der Waals surface area contributed by atoms with Gasteiger partial charge in [0.15, 0.2) is 11.9 Å². The molecule has 126 valence electrons. The zero-order valence-electron chi connectivity index (χ0n) is 13.0. The Morgan fingerprint density at radius 1 is 1.35 bits per heavy atom. The van der Waals surface area contributed by atoms with Crippen LogP contribution in [0.15, 0.2) is 11.1 Å². The highest BCUT2D eigenvalue weighted by Crippen LogP contribution is 2.32. The van der Waals surface area contributed by atoms with Crippen LogP contribution in [-0.4, -0.2) is 73.4 Å². The lowest BCUT2D eigenvalue weighted by Gasteiger charge is -2.18. The van der Waals surface area contributed by atoms with Crippen LogP contribution in [0.1, 0.15) is 6.23 Å². The van der Waals surface area contributed by atoms with Crippen LogP contribution >= 0.6 is 0 Å². The highest BCUT2D eigenvalue weighted by Gasteiger charge is 2.44. The van der Waals surface area contributed by atoms with E-state index in [0.717, 1.165) is 0 Å². The van der Waals surface area contributed by atoms with E-state index in [1.807, 2.05) is 0 Å². The summed E-state index contributed by atoms with van der Waals surface area (Å²) in [6, 6.07) is 0. The fourth-order valence-corrected chi connectivity index (χ4v) is 2.85. The number of hydrogen-bond acceptors (Lipinski definition) is 8. The Bertz CT molecular complexity index is 785. The average molecular weight is 325 g/mol. The number of aliphatic hydroxyl groups is 3. The van der Waals surface area contributed by atoms with Crippen LogP contribution in [0, 0.1) is 0 Å². The second kappa shape index (κ2) is 5.57. The first-order valence-corrected chi connectivity index (χ1v) is 7.10. The van der Waals surface area contributed by atoms with Crippen molar-refractivity contribution in [3.63, 3.8) is 0 Å². The number of aliphatic hydroxyl groups excluding tert-OH is 3. The second-order valence-electron chi connectivity index (χ2n) is 5.72. The molecule has 1 aliphatic heterocycles. The van der Waals surface area contributed by atoms with Gasteiger partial charge < -0.3 is 25.0 Å². The fourth-order valence-electron chi connectivity index (χ4n) is 2.85. The molecule has 1 aliphatic rings. The molecule has 0 unspecified atom stereocenters. The molecule has 0 bridgehead atoms. The summed E-state index contributed by atoms with van der Waals surface area (Å²) in [4.78, 5) is 22.1. The summed E-state index contributed by atoms with van der Waals surface area (Å²) >= 11 is 0. The van der Waals surface area contributed by atoms with Gasteiger partial charge in [0.1, 0.15) is 29.6 Å². The van der Waals surface area contributed by atoms with Crippen molar-refractivity contribution < 1.29 is 20.1 Å². The van der Waals surface area contributed by atoms with E-state index < -0.39 is 36.8 Å². The van der Waals surface area contributed by atoms with Crippen molar-refractivity contribution in [1.29, 1.82) is 0 Å². The van der Waals surface area contributed by atoms with Crippen molar-refractivity contribution in [3.05, 3.63) is 16.8 Å². The van der Waals surface area contributed by atoms with Gasteiger partial charge in [0.25, 0.3) is 0 Å². The largest absolute Gasteiger partial charge is 0.394 e. The van der Waals surface area contributed by atoms with Crippen molar-refractivity contribution in [2.75, 3.05) is 25.6 Å².